The predicted molar refractivity (Wildman–Crippen MR) is 102 cm³/mol. The zero-order valence-electron chi connectivity index (χ0n) is 13.9. The van der Waals surface area contributed by atoms with Gasteiger partial charge in [-0.2, -0.15) is 0 Å². The molecule has 0 bridgehead atoms. The number of amides is 1. The van der Waals surface area contributed by atoms with Gasteiger partial charge in [-0.3, -0.25) is 9.59 Å². The summed E-state index contributed by atoms with van der Waals surface area (Å²) in [6.07, 6.45) is 1.66. The second kappa shape index (κ2) is 9.49. The van der Waals surface area contributed by atoms with Crippen LogP contribution < -0.4 is 5.32 Å². The van der Waals surface area contributed by atoms with Crippen LogP contribution in [-0.2, 0) is 11.2 Å². The van der Waals surface area contributed by atoms with Gasteiger partial charge < -0.3 is 10.4 Å². The number of aryl methyl sites for hydroxylation is 1. The van der Waals surface area contributed by atoms with E-state index in [9.17, 15) is 9.59 Å². The minimum Gasteiger partial charge on any atom is -0.480 e. The topological polar surface area (TPSA) is 66.4 Å². The fraction of sp³-hybridized carbons (Fsp3) is 0.263. The maximum atomic E-state index is 12.4. The van der Waals surface area contributed by atoms with Crippen molar-refractivity contribution in [3.63, 3.8) is 0 Å². The number of rotatable bonds is 8. The molecular weight excluding hydrogens is 358 g/mol. The number of aliphatic carboxylic acids is 1. The van der Waals surface area contributed by atoms with Crippen LogP contribution in [0.3, 0.4) is 0 Å². The van der Waals surface area contributed by atoms with Gasteiger partial charge in [-0.05, 0) is 49.6 Å². The van der Waals surface area contributed by atoms with E-state index in [-0.39, 0.29) is 5.91 Å². The molecule has 0 fully saturated rings. The largest absolute Gasteiger partial charge is 0.480 e. The van der Waals surface area contributed by atoms with Gasteiger partial charge in [0, 0.05) is 16.5 Å². The molecule has 0 saturated carbocycles. The number of carbonyl (C=O) groups excluding carboxylic acids is 1. The van der Waals surface area contributed by atoms with E-state index in [1.54, 1.807) is 31.2 Å². The summed E-state index contributed by atoms with van der Waals surface area (Å²) >= 11 is 7.03. The molecule has 0 aromatic heterocycles. The molecule has 132 valence electrons. The van der Waals surface area contributed by atoms with Crippen LogP contribution >= 0.6 is 23.4 Å². The molecule has 0 aliphatic carbocycles. The van der Waals surface area contributed by atoms with Gasteiger partial charge in [0.2, 0.25) is 0 Å². The van der Waals surface area contributed by atoms with Crippen LogP contribution in [0, 0.1) is 0 Å². The van der Waals surface area contributed by atoms with Crippen LogP contribution in [0.15, 0.2) is 53.4 Å². The van der Waals surface area contributed by atoms with E-state index in [0.717, 1.165) is 12.8 Å². The van der Waals surface area contributed by atoms with E-state index < -0.39 is 11.2 Å². The first-order valence-corrected chi connectivity index (χ1v) is 9.24. The Morgan fingerprint density at radius 2 is 1.84 bits per heavy atom. The van der Waals surface area contributed by atoms with Crippen molar-refractivity contribution >= 4 is 35.2 Å². The molecule has 2 aromatic carbocycles. The average molecular weight is 378 g/mol. The van der Waals surface area contributed by atoms with Crippen LogP contribution in [0.1, 0.15) is 29.3 Å². The van der Waals surface area contributed by atoms with Gasteiger partial charge in [0.1, 0.15) is 5.25 Å². The van der Waals surface area contributed by atoms with Crippen LogP contribution in [0.2, 0.25) is 5.02 Å². The minimum atomic E-state index is -0.900. The second-order valence-electron chi connectivity index (χ2n) is 5.58. The van der Waals surface area contributed by atoms with Crippen molar-refractivity contribution in [2.24, 2.45) is 0 Å². The quantitative estimate of drug-likeness (QED) is 0.532. The monoisotopic (exact) mass is 377 g/mol. The lowest BCUT2D eigenvalue weighted by molar-refractivity contribution is -0.136. The Morgan fingerprint density at radius 1 is 1.16 bits per heavy atom. The molecule has 1 atom stereocenters. The van der Waals surface area contributed by atoms with Crippen molar-refractivity contribution in [3.8, 4) is 0 Å². The summed E-state index contributed by atoms with van der Waals surface area (Å²) in [4.78, 5) is 24.1. The zero-order valence-corrected chi connectivity index (χ0v) is 15.4. The Kier molecular flexibility index (Phi) is 7.34. The van der Waals surface area contributed by atoms with Crippen LogP contribution in [0.5, 0.6) is 0 Å². The molecular formula is C19H20ClNO3S. The van der Waals surface area contributed by atoms with Crippen molar-refractivity contribution < 1.29 is 14.7 Å². The first kappa shape index (κ1) is 19.3. The summed E-state index contributed by atoms with van der Waals surface area (Å²) in [6.45, 7) is 2.16. The molecule has 2 rings (SSSR count). The molecule has 1 unspecified atom stereocenters. The highest BCUT2D eigenvalue weighted by atomic mass is 35.5. The van der Waals surface area contributed by atoms with E-state index >= 15 is 0 Å². The molecule has 2 aromatic rings. The highest BCUT2D eigenvalue weighted by Gasteiger charge is 2.17. The number of carboxylic acids is 1. The number of carboxylic acid groups (broad SMARTS) is 1. The van der Waals surface area contributed by atoms with Gasteiger partial charge in [0.05, 0.1) is 5.56 Å². The molecule has 0 saturated heterocycles. The summed E-state index contributed by atoms with van der Waals surface area (Å²) in [7, 11) is 0. The van der Waals surface area contributed by atoms with Crippen LogP contribution in [0.25, 0.3) is 0 Å². The number of benzene rings is 2. The van der Waals surface area contributed by atoms with Crippen molar-refractivity contribution in [1.82, 2.24) is 5.32 Å². The van der Waals surface area contributed by atoms with Gasteiger partial charge in [-0.15, -0.1) is 11.8 Å². The number of carbonyl (C=O) groups is 2. The van der Waals surface area contributed by atoms with Gasteiger partial charge in [0.25, 0.3) is 5.91 Å². The van der Waals surface area contributed by atoms with E-state index in [2.05, 4.69) is 5.32 Å². The van der Waals surface area contributed by atoms with E-state index in [1.165, 1.54) is 17.3 Å². The Hall–Kier alpha value is -1.98. The van der Waals surface area contributed by atoms with Gasteiger partial charge in [-0.1, -0.05) is 35.9 Å². The first-order valence-electron chi connectivity index (χ1n) is 7.98. The molecule has 0 radical (unpaired) electrons. The summed E-state index contributed by atoms with van der Waals surface area (Å²) in [5.74, 6) is -1.08. The maximum Gasteiger partial charge on any atom is 0.316 e. The molecule has 6 heteroatoms. The third-order valence-electron chi connectivity index (χ3n) is 3.62. The lowest BCUT2D eigenvalue weighted by Gasteiger charge is -2.12. The fourth-order valence-corrected chi connectivity index (χ4v) is 3.29. The highest BCUT2D eigenvalue weighted by molar-refractivity contribution is 8.00. The Bertz CT molecular complexity index is 734. The maximum absolute atomic E-state index is 12.4. The summed E-state index contributed by atoms with van der Waals surface area (Å²) in [5, 5.41) is 12.0. The average Bonchev–Trinajstić information content (AvgIpc) is 2.60. The number of halogens is 1. The third kappa shape index (κ3) is 6.11. The van der Waals surface area contributed by atoms with Gasteiger partial charge >= 0.3 is 5.97 Å². The first-order chi connectivity index (χ1) is 12.0. The number of nitrogens with one attached hydrogen (secondary N) is 1. The number of thioether (sulfide) groups is 1. The standard InChI is InChI=1S/C19H20ClNO3S/c1-13(19(23)24)25-17-7-3-2-6-16(17)18(22)21-12-4-5-14-8-10-15(20)11-9-14/h2-3,6-11,13H,4-5,12H2,1H3,(H,21,22)(H,23,24). The minimum absolute atomic E-state index is 0.184. The zero-order chi connectivity index (χ0) is 18.2. The molecule has 25 heavy (non-hydrogen) atoms. The molecule has 1 amide bonds. The fourth-order valence-electron chi connectivity index (χ4n) is 2.24. The van der Waals surface area contributed by atoms with Crippen molar-refractivity contribution in [1.29, 1.82) is 0 Å². The van der Waals surface area contributed by atoms with E-state index in [0.29, 0.717) is 22.0 Å². The van der Waals surface area contributed by atoms with Crippen molar-refractivity contribution in [3.05, 3.63) is 64.7 Å². The second-order valence-corrected chi connectivity index (χ2v) is 7.40. The summed E-state index contributed by atoms with van der Waals surface area (Å²) in [5.41, 5.74) is 1.68. The SMILES string of the molecule is CC(Sc1ccccc1C(=O)NCCCc1ccc(Cl)cc1)C(=O)O. The summed E-state index contributed by atoms with van der Waals surface area (Å²) < 4.78 is 0. The van der Waals surface area contributed by atoms with Crippen LogP contribution in [-0.4, -0.2) is 28.8 Å². The molecule has 0 heterocycles. The smallest absolute Gasteiger partial charge is 0.316 e. The van der Waals surface area contributed by atoms with Crippen LogP contribution in [0.4, 0.5) is 0 Å². The van der Waals surface area contributed by atoms with Crippen molar-refractivity contribution in [2.45, 2.75) is 29.9 Å². The Balaban J connectivity index is 1.88. The lowest BCUT2D eigenvalue weighted by atomic mass is 10.1. The summed E-state index contributed by atoms with van der Waals surface area (Å²) in [6, 6.07) is 14.7. The predicted octanol–water partition coefficient (Wildman–Crippen LogP) is 4.27. The van der Waals surface area contributed by atoms with Crippen molar-refractivity contribution in [2.75, 3.05) is 6.54 Å². The highest BCUT2D eigenvalue weighted by Crippen LogP contribution is 2.27. The Labute approximate surface area is 156 Å². The normalized spacial score (nSPS) is 11.8. The van der Waals surface area contributed by atoms with Gasteiger partial charge in [-0.25, -0.2) is 0 Å². The molecule has 0 aliphatic heterocycles. The molecule has 0 aliphatic rings. The van der Waals surface area contributed by atoms with E-state index in [1.807, 2.05) is 24.3 Å². The van der Waals surface area contributed by atoms with Gasteiger partial charge in [0.15, 0.2) is 0 Å². The number of hydrogen-bond acceptors (Lipinski definition) is 3. The molecule has 0 spiro atoms. The van der Waals surface area contributed by atoms with E-state index in [4.69, 9.17) is 16.7 Å². The molecule has 4 nitrogen and oxygen atoms in total. The Morgan fingerprint density at radius 3 is 2.52 bits per heavy atom. The third-order valence-corrected chi connectivity index (χ3v) is 5.04. The molecule has 2 N–H and O–H groups in total. The lowest BCUT2D eigenvalue weighted by Crippen LogP contribution is -2.25. The number of hydrogen-bond donors (Lipinski definition) is 2.